The number of esters is 3. The van der Waals surface area contributed by atoms with Gasteiger partial charge in [0.25, 0.3) is 0 Å². The fraction of sp³-hybridized carbons (Fsp3) is 0.850. The Hall–Kier alpha value is -1.59. The first-order valence-corrected chi connectivity index (χ1v) is 9.30. The van der Waals surface area contributed by atoms with Crippen LogP contribution in [0.5, 0.6) is 0 Å². The monoisotopic (exact) mass is 372 g/mol. The predicted molar refractivity (Wildman–Crippen MR) is 99.3 cm³/mol. The Kier molecular flexibility index (Phi) is 8.80. The lowest BCUT2D eigenvalue weighted by Crippen LogP contribution is -2.49. The molecule has 0 rings (SSSR count). The van der Waals surface area contributed by atoms with Crippen LogP contribution in [0.2, 0.25) is 0 Å². The van der Waals surface area contributed by atoms with Crippen molar-refractivity contribution in [2.75, 3.05) is 19.8 Å². The zero-order valence-corrected chi connectivity index (χ0v) is 17.9. The van der Waals surface area contributed by atoms with Crippen molar-refractivity contribution in [2.45, 2.75) is 68.7 Å². The van der Waals surface area contributed by atoms with Crippen LogP contribution in [0, 0.1) is 22.2 Å². The summed E-state index contributed by atoms with van der Waals surface area (Å²) in [7, 11) is 0. The second-order valence-electron chi connectivity index (χ2n) is 8.25. The van der Waals surface area contributed by atoms with Crippen LogP contribution in [0.15, 0.2) is 0 Å². The van der Waals surface area contributed by atoms with E-state index in [2.05, 4.69) is 0 Å². The van der Waals surface area contributed by atoms with Gasteiger partial charge in [0.1, 0.15) is 0 Å². The molecule has 0 aliphatic rings. The molecule has 0 saturated carbocycles. The lowest BCUT2D eigenvalue weighted by molar-refractivity contribution is -0.174. The van der Waals surface area contributed by atoms with Crippen LogP contribution >= 0.6 is 0 Å². The first kappa shape index (κ1) is 24.4. The highest BCUT2D eigenvalue weighted by Crippen LogP contribution is 2.48. The van der Waals surface area contributed by atoms with Crippen LogP contribution in [0.1, 0.15) is 68.7 Å². The molecular formula is C20H36O6. The van der Waals surface area contributed by atoms with Crippen molar-refractivity contribution < 1.29 is 28.6 Å². The van der Waals surface area contributed by atoms with Crippen molar-refractivity contribution in [3.63, 3.8) is 0 Å². The number of carbonyl (C=O) groups is 3. The molecule has 0 bridgehead atoms. The first-order valence-electron chi connectivity index (χ1n) is 9.30. The van der Waals surface area contributed by atoms with Gasteiger partial charge in [-0.15, -0.1) is 0 Å². The summed E-state index contributed by atoms with van der Waals surface area (Å²) in [6, 6.07) is 0. The summed E-state index contributed by atoms with van der Waals surface area (Å²) in [5.41, 5.74) is -2.85. The van der Waals surface area contributed by atoms with Crippen LogP contribution in [-0.4, -0.2) is 37.7 Å². The lowest BCUT2D eigenvalue weighted by Gasteiger charge is -2.44. The van der Waals surface area contributed by atoms with Gasteiger partial charge in [-0.2, -0.15) is 0 Å². The number of hydrogen-bond donors (Lipinski definition) is 0. The van der Waals surface area contributed by atoms with Gasteiger partial charge in [-0.25, -0.2) is 0 Å². The summed E-state index contributed by atoms with van der Waals surface area (Å²) in [4.78, 5) is 37.6. The normalized spacial score (nSPS) is 12.7. The average Bonchev–Trinajstić information content (AvgIpc) is 2.53. The van der Waals surface area contributed by atoms with Crippen LogP contribution < -0.4 is 0 Å². The number of rotatable bonds is 10. The molecule has 0 heterocycles. The molecular weight excluding hydrogens is 336 g/mol. The van der Waals surface area contributed by atoms with E-state index in [-0.39, 0.29) is 32.2 Å². The molecule has 0 spiro atoms. The molecule has 0 aliphatic heterocycles. The molecule has 0 aromatic rings. The van der Waals surface area contributed by atoms with Crippen molar-refractivity contribution >= 4 is 17.9 Å². The third kappa shape index (κ3) is 5.71. The highest BCUT2D eigenvalue weighted by atomic mass is 16.5. The minimum absolute atomic E-state index is 0.246. The number of carbonyl (C=O) groups excluding carboxylic acids is 3. The van der Waals surface area contributed by atoms with E-state index < -0.39 is 34.1 Å². The molecule has 0 unspecified atom stereocenters. The van der Waals surface area contributed by atoms with Gasteiger partial charge in [0, 0.05) is 0 Å². The topological polar surface area (TPSA) is 78.9 Å². The van der Waals surface area contributed by atoms with E-state index >= 15 is 0 Å². The molecule has 0 aromatic heterocycles. The van der Waals surface area contributed by atoms with Crippen molar-refractivity contribution in [2.24, 2.45) is 22.2 Å². The highest BCUT2D eigenvalue weighted by Gasteiger charge is 2.53. The van der Waals surface area contributed by atoms with Crippen molar-refractivity contribution in [1.82, 2.24) is 0 Å². The van der Waals surface area contributed by atoms with Gasteiger partial charge >= 0.3 is 17.9 Å². The summed E-state index contributed by atoms with van der Waals surface area (Å²) in [6.07, 6.45) is 0.281. The molecule has 152 valence electrons. The maximum Gasteiger partial charge on any atom is 0.311 e. The zero-order chi connectivity index (χ0) is 20.8. The van der Waals surface area contributed by atoms with Gasteiger partial charge in [0.05, 0.1) is 36.1 Å². The molecule has 0 N–H and O–H groups in total. The quantitative estimate of drug-likeness (QED) is 0.429. The maximum absolute atomic E-state index is 12.6. The van der Waals surface area contributed by atoms with Gasteiger partial charge in [0.15, 0.2) is 0 Å². The van der Waals surface area contributed by atoms with Crippen LogP contribution in [0.3, 0.4) is 0 Å². The Labute approximate surface area is 157 Å². The Bertz CT molecular complexity index is 474. The van der Waals surface area contributed by atoms with Gasteiger partial charge in [0.2, 0.25) is 0 Å². The Balaban J connectivity index is 6.01. The van der Waals surface area contributed by atoms with Crippen molar-refractivity contribution in [1.29, 1.82) is 0 Å². The molecule has 26 heavy (non-hydrogen) atoms. The number of ether oxygens (including phenoxy) is 3. The fourth-order valence-corrected chi connectivity index (χ4v) is 3.25. The summed E-state index contributed by atoms with van der Waals surface area (Å²) in [5.74, 6) is -1.65. The van der Waals surface area contributed by atoms with E-state index in [0.717, 1.165) is 0 Å². The Morgan fingerprint density at radius 2 is 0.962 bits per heavy atom. The van der Waals surface area contributed by atoms with E-state index in [1.54, 1.807) is 62.3 Å². The van der Waals surface area contributed by atoms with Crippen molar-refractivity contribution in [3.05, 3.63) is 0 Å². The SMILES string of the molecule is CCOC(=O)C(C)(C)CC(C(C)(C)C(=O)OCC)C(C)(C)C(=O)OCC. The molecule has 0 aromatic carbocycles. The third-order valence-corrected chi connectivity index (χ3v) is 4.89. The molecule has 0 aliphatic carbocycles. The van der Waals surface area contributed by atoms with Gasteiger partial charge in [-0.05, 0) is 74.7 Å². The zero-order valence-electron chi connectivity index (χ0n) is 17.9. The van der Waals surface area contributed by atoms with E-state index in [1.165, 1.54) is 0 Å². The molecule has 0 amide bonds. The molecule has 0 fully saturated rings. The average molecular weight is 373 g/mol. The predicted octanol–water partition coefficient (Wildman–Crippen LogP) is 3.76. The van der Waals surface area contributed by atoms with Crippen molar-refractivity contribution in [3.8, 4) is 0 Å². The second kappa shape index (κ2) is 9.38. The van der Waals surface area contributed by atoms with Crippen LogP contribution in [0.4, 0.5) is 0 Å². The van der Waals surface area contributed by atoms with Gasteiger partial charge in [-0.3, -0.25) is 14.4 Å². The smallest absolute Gasteiger partial charge is 0.311 e. The van der Waals surface area contributed by atoms with E-state index in [9.17, 15) is 14.4 Å². The summed E-state index contributed by atoms with van der Waals surface area (Å²) in [5, 5.41) is 0. The Morgan fingerprint density at radius 1 is 0.654 bits per heavy atom. The molecule has 6 heteroatoms. The van der Waals surface area contributed by atoms with E-state index in [0.29, 0.717) is 0 Å². The largest absolute Gasteiger partial charge is 0.466 e. The minimum Gasteiger partial charge on any atom is -0.466 e. The Morgan fingerprint density at radius 3 is 1.27 bits per heavy atom. The highest BCUT2D eigenvalue weighted by molar-refractivity contribution is 5.82. The second-order valence-corrected chi connectivity index (χ2v) is 8.25. The molecule has 6 nitrogen and oxygen atoms in total. The van der Waals surface area contributed by atoms with Crippen LogP contribution in [0.25, 0.3) is 0 Å². The molecule has 0 atom stereocenters. The summed E-state index contributed by atoms with van der Waals surface area (Å²) < 4.78 is 15.7. The maximum atomic E-state index is 12.6. The fourth-order valence-electron chi connectivity index (χ4n) is 3.25. The van der Waals surface area contributed by atoms with E-state index in [4.69, 9.17) is 14.2 Å². The first-order chi connectivity index (χ1) is 11.8. The third-order valence-electron chi connectivity index (χ3n) is 4.89. The molecule has 0 saturated heterocycles. The minimum atomic E-state index is -0.990. The number of hydrogen-bond acceptors (Lipinski definition) is 6. The van der Waals surface area contributed by atoms with E-state index in [1.807, 2.05) is 0 Å². The van der Waals surface area contributed by atoms with Gasteiger partial charge < -0.3 is 14.2 Å². The molecule has 0 radical (unpaired) electrons. The van der Waals surface area contributed by atoms with Crippen LogP contribution in [-0.2, 0) is 28.6 Å². The standard InChI is InChI=1S/C20H36O6/c1-10-24-15(21)18(4,5)13-14(19(6,7)16(22)25-11-2)20(8,9)17(23)26-12-3/h14H,10-13H2,1-9H3. The lowest BCUT2D eigenvalue weighted by atomic mass is 9.59. The summed E-state index contributed by atoms with van der Waals surface area (Å²) >= 11 is 0. The van der Waals surface area contributed by atoms with Gasteiger partial charge in [-0.1, -0.05) is 0 Å². The summed E-state index contributed by atoms with van der Waals surface area (Å²) in [6.45, 7) is 16.5.